The number of hydrogen-bond donors (Lipinski definition) is 1. The van der Waals surface area contributed by atoms with Gasteiger partial charge in [0.05, 0.1) is 0 Å². The Morgan fingerprint density at radius 2 is 2.18 bits per heavy atom. The maximum absolute atomic E-state index is 4.41. The van der Waals surface area contributed by atoms with E-state index >= 15 is 0 Å². The largest absolute Gasteiger partial charge is 0.335 e. The van der Waals surface area contributed by atoms with Gasteiger partial charge >= 0.3 is 0 Å². The van der Waals surface area contributed by atoms with Crippen LogP contribution >= 0.6 is 0 Å². The molecule has 1 atom stereocenters. The highest BCUT2D eigenvalue weighted by Crippen LogP contribution is 2.07. The fourth-order valence-electron chi connectivity index (χ4n) is 2.16. The van der Waals surface area contributed by atoms with Crippen molar-refractivity contribution in [3.8, 4) is 0 Å². The monoisotopic (exact) mass is 237 g/mol. The van der Waals surface area contributed by atoms with E-state index in [0.717, 1.165) is 19.5 Å². The van der Waals surface area contributed by atoms with Gasteiger partial charge in [0.1, 0.15) is 5.82 Å². The molecule has 0 saturated carbocycles. The molecule has 17 heavy (non-hydrogen) atoms. The van der Waals surface area contributed by atoms with Crippen molar-refractivity contribution in [2.24, 2.45) is 0 Å². The summed E-state index contributed by atoms with van der Waals surface area (Å²) in [6, 6.07) is 0.681. The van der Waals surface area contributed by atoms with Crippen molar-refractivity contribution < 1.29 is 0 Å². The van der Waals surface area contributed by atoms with Gasteiger partial charge in [0.25, 0.3) is 0 Å². The minimum atomic E-state index is 0.681. The Labute approximate surface area is 106 Å². The summed E-state index contributed by atoms with van der Waals surface area (Å²) in [5.74, 6) is 1.23. The van der Waals surface area contributed by atoms with Gasteiger partial charge in [-0.3, -0.25) is 0 Å². The topological polar surface area (TPSA) is 29.9 Å². The molecule has 0 aliphatic rings. The first-order valence-electron chi connectivity index (χ1n) is 7.05. The zero-order valence-electron chi connectivity index (χ0n) is 11.6. The molecule has 0 aliphatic carbocycles. The Morgan fingerprint density at radius 1 is 1.35 bits per heavy atom. The molecule has 1 aromatic rings. The minimum Gasteiger partial charge on any atom is -0.335 e. The molecule has 0 bridgehead atoms. The molecule has 0 aromatic carbocycles. The van der Waals surface area contributed by atoms with Gasteiger partial charge in [0.15, 0.2) is 0 Å². The number of aryl methyl sites for hydroxylation is 2. The number of rotatable bonds is 9. The lowest BCUT2D eigenvalue weighted by Gasteiger charge is -2.16. The quantitative estimate of drug-likeness (QED) is 0.715. The van der Waals surface area contributed by atoms with E-state index in [9.17, 15) is 0 Å². The Morgan fingerprint density at radius 3 is 2.82 bits per heavy atom. The third-order valence-electron chi connectivity index (χ3n) is 3.27. The maximum Gasteiger partial charge on any atom is 0.108 e. The first-order valence-corrected chi connectivity index (χ1v) is 7.05. The SMILES string of the molecule is CCCNC(CC)CCCc1nccn1CC. The van der Waals surface area contributed by atoms with Gasteiger partial charge in [-0.25, -0.2) is 4.98 Å². The second-order valence-electron chi connectivity index (χ2n) is 4.58. The molecular formula is C14H27N3. The van der Waals surface area contributed by atoms with E-state index in [-0.39, 0.29) is 0 Å². The van der Waals surface area contributed by atoms with E-state index in [1.165, 1.54) is 31.5 Å². The van der Waals surface area contributed by atoms with Gasteiger partial charge in [-0.15, -0.1) is 0 Å². The second-order valence-corrected chi connectivity index (χ2v) is 4.58. The van der Waals surface area contributed by atoms with Crippen molar-refractivity contribution in [2.45, 2.75) is 65.5 Å². The zero-order valence-corrected chi connectivity index (χ0v) is 11.6. The van der Waals surface area contributed by atoms with Crippen molar-refractivity contribution in [1.29, 1.82) is 0 Å². The van der Waals surface area contributed by atoms with E-state index in [2.05, 4.69) is 41.8 Å². The maximum atomic E-state index is 4.41. The minimum absolute atomic E-state index is 0.681. The predicted octanol–water partition coefficient (Wildman–Crippen LogP) is 3.00. The fourth-order valence-corrected chi connectivity index (χ4v) is 2.16. The average molecular weight is 237 g/mol. The van der Waals surface area contributed by atoms with Crippen LogP contribution in [0.3, 0.4) is 0 Å². The van der Waals surface area contributed by atoms with Crippen molar-refractivity contribution in [1.82, 2.24) is 14.9 Å². The van der Waals surface area contributed by atoms with E-state index in [1.54, 1.807) is 0 Å². The average Bonchev–Trinajstić information content (AvgIpc) is 2.81. The molecule has 3 nitrogen and oxygen atoms in total. The van der Waals surface area contributed by atoms with Crippen LogP contribution in [0.2, 0.25) is 0 Å². The number of aromatic nitrogens is 2. The third kappa shape index (κ3) is 4.90. The summed E-state index contributed by atoms with van der Waals surface area (Å²) in [4.78, 5) is 4.41. The lowest BCUT2D eigenvalue weighted by atomic mass is 10.1. The Bertz CT molecular complexity index is 293. The van der Waals surface area contributed by atoms with Crippen LogP contribution < -0.4 is 5.32 Å². The van der Waals surface area contributed by atoms with Crippen molar-refractivity contribution in [3.05, 3.63) is 18.2 Å². The van der Waals surface area contributed by atoms with Crippen LogP contribution in [0.15, 0.2) is 12.4 Å². The van der Waals surface area contributed by atoms with Gasteiger partial charge in [-0.1, -0.05) is 13.8 Å². The van der Waals surface area contributed by atoms with Gasteiger partial charge in [-0.05, 0) is 39.2 Å². The van der Waals surface area contributed by atoms with Crippen LogP contribution in [0, 0.1) is 0 Å². The molecule has 0 spiro atoms. The lowest BCUT2D eigenvalue weighted by molar-refractivity contribution is 0.452. The summed E-state index contributed by atoms with van der Waals surface area (Å²) in [7, 11) is 0. The number of nitrogens with one attached hydrogen (secondary N) is 1. The summed E-state index contributed by atoms with van der Waals surface area (Å²) >= 11 is 0. The van der Waals surface area contributed by atoms with Gasteiger partial charge < -0.3 is 9.88 Å². The van der Waals surface area contributed by atoms with Crippen LogP contribution in [0.25, 0.3) is 0 Å². The molecule has 0 fully saturated rings. The molecule has 3 heteroatoms. The molecule has 1 heterocycles. The predicted molar refractivity (Wildman–Crippen MR) is 73.2 cm³/mol. The first-order chi connectivity index (χ1) is 8.31. The van der Waals surface area contributed by atoms with Crippen LogP contribution in [0.5, 0.6) is 0 Å². The van der Waals surface area contributed by atoms with Crippen molar-refractivity contribution in [3.63, 3.8) is 0 Å². The zero-order chi connectivity index (χ0) is 12.5. The van der Waals surface area contributed by atoms with E-state index in [1.807, 2.05) is 6.20 Å². The third-order valence-corrected chi connectivity index (χ3v) is 3.27. The number of imidazole rings is 1. The summed E-state index contributed by atoms with van der Waals surface area (Å²) in [6.07, 6.45) is 10.0. The van der Waals surface area contributed by atoms with Crippen LogP contribution in [-0.4, -0.2) is 22.1 Å². The standard InChI is InChI=1S/C14H27N3/c1-4-10-15-13(5-2)8-7-9-14-16-11-12-17(14)6-3/h11-13,15H,4-10H2,1-3H3. The number of hydrogen-bond acceptors (Lipinski definition) is 2. The second kappa shape index (κ2) is 8.29. The smallest absolute Gasteiger partial charge is 0.108 e. The molecular weight excluding hydrogens is 210 g/mol. The molecule has 0 aliphatic heterocycles. The van der Waals surface area contributed by atoms with Crippen molar-refractivity contribution in [2.75, 3.05) is 6.54 Å². The molecule has 0 saturated heterocycles. The summed E-state index contributed by atoms with van der Waals surface area (Å²) < 4.78 is 2.24. The molecule has 1 rings (SSSR count). The number of nitrogens with zero attached hydrogens (tertiary/aromatic N) is 2. The molecule has 1 aromatic heterocycles. The molecule has 0 radical (unpaired) electrons. The fraction of sp³-hybridized carbons (Fsp3) is 0.786. The summed E-state index contributed by atoms with van der Waals surface area (Å²) in [6.45, 7) is 8.82. The molecule has 98 valence electrons. The van der Waals surface area contributed by atoms with Gasteiger partial charge in [0.2, 0.25) is 0 Å². The highest BCUT2D eigenvalue weighted by Gasteiger charge is 2.06. The highest BCUT2D eigenvalue weighted by molar-refractivity contribution is 4.92. The van der Waals surface area contributed by atoms with Crippen molar-refractivity contribution >= 4 is 0 Å². The lowest BCUT2D eigenvalue weighted by Crippen LogP contribution is -2.29. The normalized spacial score (nSPS) is 12.9. The highest BCUT2D eigenvalue weighted by atomic mass is 15.0. The van der Waals surface area contributed by atoms with Crippen LogP contribution in [-0.2, 0) is 13.0 Å². The molecule has 0 amide bonds. The van der Waals surface area contributed by atoms with E-state index < -0.39 is 0 Å². The van der Waals surface area contributed by atoms with Gasteiger partial charge in [0, 0.05) is 31.4 Å². The summed E-state index contributed by atoms with van der Waals surface area (Å²) in [5, 5.41) is 3.60. The van der Waals surface area contributed by atoms with Crippen LogP contribution in [0.4, 0.5) is 0 Å². The van der Waals surface area contributed by atoms with Crippen LogP contribution in [0.1, 0.15) is 52.3 Å². The van der Waals surface area contributed by atoms with E-state index in [4.69, 9.17) is 0 Å². The summed E-state index contributed by atoms with van der Waals surface area (Å²) in [5.41, 5.74) is 0. The molecule has 1 N–H and O–H groups in total. The Hall–Kier alpha value is -0.830. The molecule has 1 unspecified atom stereocenters. The van der Waals surface area contributed by atoms with Gasteiger partial charge in [-0.2, -0.15) is 0 Å². The van der Waals surface area contributed by atoms with E-state index in [0.29, 0.717) is 6.04 Å². The Balaban J connectivity index is 2.26. The Kier molecular flexibility index (Phi) is 6.94. The first kappa shape index (κ1) is 14.2.